The molecular formula is C15H11BrClN. The summed E-state index contributed by atoms with van der Waals surface area (Å²) in [5.41, 5.74) is 2.00. The maximum atomic E-state index is 5.81. The van der Waals surface area contributed by atoms with Gasteiger partial charge in [-0.25, -0.2) is 0 Å². The molecule has 3 heteroatoms. The Kier molecular flexibility index (Phi) is 4.73. The van der Waals surface area contributed by atoms with Crippen molar-refractivity contribution >= 4 is 45.5 Å². The molecule has 2 aromatic carbocycles. The quantitative estimate of drug-likeness (QED) is 0.664. The van der Waals surface area contributed by atoms with Gasteiger partial charge in [0, 0.05) is 15.7 Å². The second-order valence-electron chi connectivity index (χ2n) is 3.67. The lowest BCUT2D eigenvalue weighted by atomic mass is 10.2. The first-order valence-corrected chi connectivity index (χ1v) is 6.63. The average molecular weight is 321 g/mol. The first-order valence-electron chi connectivity index (χ1n) is 5.46. The standard InChI is InChI=1S/C15H11BrClN/c16-13(10-12-4-2-1-3-5-12)11-18-15-8-6-14(17)7-9-15/h1-11H. The maximum Gasteiger partial charge on any atom is 0.0631 e. The van der Waals surface area contributed by atoms with E-state index in [0.717, 1.165) is 15.7 Å². The largest absolute Gasteiger partial charge is 0.256 e. The molecule has 90 valence electrons. The van der Waals surface area contributed by atoms with Gasteiger partial charge in [0.1, 0.15) is 0 Å². The van der Waals surface area contributed by atoms with E-state index < -0.39 is 0 Å². The zero-order chi connectivity index (χ0) is 12.8. The van der Waals surface area contributed by atoms with E-state index in [9.17, 15) is 0 Å². The van der Waals surface area contributed by atoms with Crippen molar-refractivity contribution in [3.05, 3.63) is 69.7 Å². The van der Waals surface area contributed by atoms with E-state index in [1.54, 1.807) is 6.21 Å². The van der Waals surface area contributed by atoms with Crippen LogP contribution in [0.3, 0.4) is 0 Å². The molecule has 0 aliphatic rings. The molecule has 0 saturated carbocycles. The van der Waals surface area contributed by atoms with E-state index in [1.165, 1.54) is 0 Å². The molecule has 0 N–H and O–H groups in total. The zero-order valence-corrected chi connectivity index (χ0v) is 11.9. The molecule has 0 amide bonds. The van der Waals surface area contributed by atoms with Crippen LogP contribution in [0.15, 0.2) is 64.1 Å². The number of halogens is 2. The lowest BCUT2D eigenvalue weighted by Gasteiger charge is -1.95. The lowest BCUT2D eigenvalue weighted by molar-refractivity contribution is 1.54. The molecule has 2 rings (SSSR count). The topological polar surface area (TPSA) is 12.4 Å². The normalized spacial score (nSPS) is 12.0. The van der Waals surface area contributed by atoms with E-state index >= 15 is 0 Å². The first kappa shape index (κ1) is 13.1. The number of nitrogens with zero attached hydrogens (tertiary/aromatic N) is 1. The second kappa shape index (κ2) is 6.53. The van der Waals surface area contributed by atoms with Gasteiger partial charge in [-0.3, -0.25) is 4.99 Å². The van der Waals surface area contributed by atoms with Crippen LogP contribution in [0, 0.1) is 0 Å². The third-order valence-electron chi connectivity index (χ3n) is 2.27. The highest BCUT2D eigenvalue weighted by atomic mass is 79.9. The number of allylic oxidation sites excluding steroid dienone is 1. The molecule has 0 radical (unpaired) electrons. The third kappa shape index (κ3) is 4.13. The van der Waals surface area contributed by atoms with Crippen molar-refractivity contribution in [3.63, 3.8) is 0 Å². The Balaban J connectivity index is 2.09. The van der Waals surface area contributed by atoms with Gasteiger partial charge in [-0.2, -0.15) is 0 Å². The molecule has 0 aliphatic heterocycles. The fourth-order valence-corrected chi connectivity index (χ4v) is 1.90. The highest BCUT2D eigenvalue weighted by Gasteiger charge is 1.91. The monoisotopic (exact) mass is 319 g/mol. The molecule has 0 bridgehead atoms. The molecule has 0 fully saturated rings. The SMILES string of the molecule is Clc1ccc(N=CC(Br)=Cc2ccccc2)cc1. The number of aliphatic imine (C=N–C) groups is 1. The smallest absolute Gasteiger partial charge is 0.0631 e. The fourth-order valence-electron chi connectivity index (χ4n) is 1.41. The summed E-state index contributed by atoms with van der Waals surface area (Å²) < 4.78 is 0.920. The Morgan fingerprint density at radius 2 is 1.67 bits per heavy atom. The molecular weight excluding hydrogens is 310 g/mol. The Labute approximate surface area is 120 Å². The van der Waals surface area contributed by atoms with Crippen molar-refractivity contribution in [2.45, 2.75) is 0 Å². The van der Waals surface area contributed by atoms with Gasteiger partial charge >= 0.3 is 0 Å². The summed E-state index contributed by atoms with van der Waals surface area (Å²) in [4.78, 5) is 4.34. The van der Waals surface area contributed by atoms with Crippen molar-refractivity contribution < 1.29 is 0 Å². The molecule has 0 atom stereocenters. The van der Waals surface area contributed by atoms with Gasteiger partial charge in [-0.05, 0) is 51.8 Å². The van der Waals surface area contributed by atoms with Crippen LogP contribution in [0.5, 0.6) is 0 Å². The highest BCUT2D eigenvalue weighted by Crippen LogP contribution is 2.17. The van der Waals surface area contributed by atoms with Crippen LogP contribution in [-0.2, 0) is 0 Å². The zero-order valence-electron chi connectivity index (χ0n) is 9.55. The van der Waals surface area contributed by atoms with E-state index in [1.807, 2.05) is 60.7 Å². The molecule has 0 saturated heterocycles. The highest BCUT2D eigenvalue weighted by molar-refractivity contribution is 9.12. The summed E-state index contributed by atoms with van der Waals surface area (Å²) in [6.07, 6.45) is 3.79. The predicted octanol–water partition coefficient (Wildman–Crippen LogP) is 5.48. The van der Waals surface area contributed by atoms with Crippen molar-refractivity contribution in [1.29, 1.82) is 0 Å². The van der Waals surface area contributed by atoms with Crippen LogP contribution in [0.1, 0.15) is 5.56 Å². The average Bonchev–Trinajstić information content (AvgIpc) is 2.39. The molecule has 0 aromatic heterocycles. The van der Waals surface area contributed by atoms with Crippen LogP contribution in [0.4, 0.5) is 5.69 Å². The molecule has 18 heavy (non-hydrogen) atoms. The van der Waals surface area contributed by atoms with Crippen molar-refractivity contribution in [2.24, 2.45) is 4.99 Å². The van der Waals surface area contributed by atoms with Crippen LogP contribution in [0.2, 0.25) is 5.02 Å². The number of benzene rings is 2. The van der Waals surface area contributed by atoms with Crippen molar-refractivity contribution in [3.8, 4) is 0 Å². The molecule has 0 aliphatic carbocycles. The Bertz CT molecular complexity index is 559. The summed E-state index contributed by atoms with van der Waals surface area (Å²) in [6.45, 7) is 0. The summed E-state index contributed by atoms with van der Waals surface area (Å²) in [6, 6.07) is 17.5. The van der Waals surface area contributed by atoms with Crippen molar-refractivity contribution in [2.75, 3.05) is 0 Å². The fraction of sp³-hybridized carbons (Fsp3) is 0. The molecule has 0 unspecified atom stereocenters. The van der Waals surface area contributed by atoms with Crippen LogP contribution in [0.25, 0.3) is 6.08 Å². The predicted molar refractivity (Wildman–Crippen MR) is 83.0 cm³/mol. The minimum absolute atomic E-state index is 0.716. The summed E-state index contributed by atoms with van der Waals surface area (Å²) in [5.74, 6) is 0. The van der Waals surface area contributed by atoms with Gasteiger partial charge in [0.2, 0.25) is 0 Å². The van der Waals surface area contributed by atoms with Gasteiger partial charge in [-0.15, -0.1) is 0 Å². The number of rotatable bonds is 3. The van der Waals surface area contributed by atoms with Gasteiger partial charge in [0.15, 0.2) is 0 Å². The molecule has 0 heterocycles. The van der Waals surface area contributed by atoms with Gasteiger partial charge < -0.3 is 0 Å². The molecule has 2 aromatic rings. The molecule has 0 spiro atoms. The second-order valence-corrected chi connectivity index (χ2v) is 5.03. The van der Waals surface area contributed by atoms with E-state index in [4.69, 9.17) is 11.6 Å². The summed E-state index contributed by atoms with van der Waals surface area (Å²) in [7, 11) is 0. The summed E-state index contributed by atoms with van der Waals surface area (Å²) >= 11 is 9.28. The van der Waals surface area contributed by atoms with Crippen LogP contribution < -0.4 is 0 Å². The Hall–Kier alpha value is -1.38. The minimum atomic E-state index is 0.716. The number of hydrogen-bond acceptors (Lipinski definition) is 1. The van der Waals surface area contributed by atoms with Crippen LogP contribution >= 0.6 is 27.5 Å². The van der Waals surface area contributed by atoms with E-state index in [0.29, 0.717) is 5.02 Å². The van der Waals surface area contributed by atoms with Crippen molar-refractivity contribution in [1.82, 2.24) is 0 Å². The molecule has 1 nitrogen and oxygen atoms in total. The lowest BCUT2D eigenvalue weighted by Crippen LogP contribution is -1.75. The Morgan fingerprint density at radius 1 is 1.00 bits per heavy atom. The maximum absolute atomic E-state index is 5.81. The third-order valence-corrected chi connectivity index (χ3v) is 2.95. The minimum Gasteiger partial charge on any atom is -0.256 e. The van der Waals surface area contributed by atoms with E-state index in [-0.39, 0.29) is 0 Å². The first-order chi connectivity index (χ1) is 8.74. The Morgan fingerprint density at radius 3 is 2.33 bits per heavy atom. The van der Waals surface area contributed by atoms with Gasteiger partial charge in [0.25, 0.3) is 0 Å². The van der Waals surface area contributed by atoms with Crippen LogP contribution in [-0.4, -0.2) is 6.21 Å². The van der Waals surface area contributed by atoms with E-state index in [2.05, 4.69) is 20.9 Å². The van der Waals surface area contributed by atoms with Gasteiger partial charge in [0.05, 0.1) is 5.69 Å². The van der Waals surface area contributed by atoms with Gasteiger partial charge in [-0.1, -0.05) is 41.9 Å². The summed E-state index contributed by atoms with van der Waals surface area (Å²) in [5, 5.41) is 0.716. The number of hydrogen-bond donors (Lipinski definition) is 0.